The van der Waals surface area contributed by atoms with Crippen LogP contribution in [0.1, 0.15) is 98.2 Å². The summed E-state index contributed by atoms with van der Waals surface area (Å²) in [6.07, 6.45) is 19.5. The molecule has 8 heteroatoms. The molecule has 0 radical (unpaired) electrons. The first kappa shape index (κ1) is 30.0. The van der Waals surface area contributed by atoms with Crippen LogP contribution in [0.4, 0.5) is 0 Å². The Hall–Kier alpha value is -0.210. The third-order valence-electron chi connectivity index (χ3n) is 4.17. The van der Waals surface area contributed by atoms with Crippen LogP contribution in [-0.2, 0) is 24.4 Å². The maximum atomic E-state index is 11.3. The number of carbonyl (C=O) groups is 2. The predicted molar refractivity (Wildman–Crippen MR) is 108 cm³/mol. The first-order valence-corrected chi connectivity index (χ1v) is 11.8. The molecule has 0 saturated carbocycles. The molecular formula is C20H37NaO6S. The van der Waals surface area contributed by atoms with Crippen molar-refractivity contribution in [1.82, 2.24) is 0 Å². The van der Waals surface area contributed by atoms with E-state index in [-0.39, 0.29) is 37.4 Å². The molecular weight excluding hydrogens is 391 g/mol. The smallest absolute Gasteiger partial charge is 1.00 e. The molecule has 160 valence electrons. The Balaban J connectivity index is -0.00000338. The summed E-state index contributed by atoms with van der Waals surface area (Å²) in [5.74, 6) is -3.18. The quantitative estimate of drug-likeness (QED) is 0.0951. The van der Waals surface area contributed by atoms with Gasteiger partial charge < -0.3 is 6.16 Å². The van der Waals surface area contributed by atoms with E-state index in [1.165, 1.54) is 44.9 Å². The number of rotatable bonds is 17. The van der Waals surface area contributed by atoms with Gasteiger partial charge in [-0.15, -0.1) is 0 Å². The van der Waals surface area contributed by atoms with Crippen LogP contribution in [-0.4, -0.2) is 30.7 Å². The predicted octanol–water partition coefficient (Wildman–Crippen LogP) is 2.10. The van der Waals surface area contributed by atoms with Crippen molar-refractivity contribution in [3.63, 3.8) is 0 Å². The Labute approximate surface area is 194 Å². The summed E-state index contributed by atoms with van der Waals surface area (Å²) in [6.45, 7) is 2.23. The minimum Gasteiger partial charge on any atom is -1.00 e. The van der Waals surface area contributed by atoms with Crippen LogP contribution in [0.2, 0.25) is 0 Å². The van der Waals surface area contributed by atoms with Crippen molar-refractivity contribution < 1.29 is 58.3 Å². The largest absolute Gasteiger partial charge is 1.00 e. The maximum Gasteiger partial charge on any atom is 1.00 e. The van der Waals surface area contributed by atoms with Crippen molar-refractivity contribution >= 4 is 22.1 Å². The van der Waals surface area contributed by atoms with E-state index in [9.17, 15) is 18.0 Å². The van der Waals surface area contributed by atoms with Crippen molar-refractivity contribution in [2.75, 3.05) is 5.75 Å². The van der Waals surface area contributed by atoms with Crippen molar-refractivity contribution in [1.29, 1.82) is 0 Å². The fourth-order valence-corrected chi connectivity index (χ4v) is 3.05. The van der Waals surface area contributed by atoms with E-state index in [0.29, 0.717) is 6.42 Å². The second-order valence-electron chi connectivity index (χ2n) is 6.91. The van der Waals surface area contributed by atoms with Crippen LogP contribution in [0, 0.1) is 0 Å². The van der Waals surface area contributed by atoms with Gasteiger partial charge in [-0.1, -0.05) is 70.4 Å². The van der Waals surface area contributed by atoms with Crippen molar-refractivity contribution in [3.8, 4) is 0 Å². The third-order valence-corrected chi connectivity index (χ3v) is 4.77. The zero-order valence-corrected chi connectivity index (χ0v) is 20.5. The van der Waals surface area contributed by atoms with E-state index in [0.717, 1.165) is 32.1 Å². The Bertz CT molecular complexity index is 537. The minimum absolute atomic E-state index is 0. The van der Waals surface area contributed by atoms with Gasteiger partial charge >= 0.3 is 41.5 Å². The summed E-state index contributed by atoms with van der Waals surface area (Å²) in [5, 5.41) is 0. The molecule has 0 amide bonds. The fraction of sp³-hybridized carbons (Fsp3) is 0.800. The molecule has 0 saturated heterocycles. The average Bonchev–Trinajstić information content (AvgIpc) is 2.56. The SMILES string of the molecule is CCCCCCCCC=CCCCCCCCC(=O)OC(=O)CS(=O)(=O)O.[H-].[Na+]. The van der Waals surface area contributed by atoms with Gasteiger partial charge in [-0.2, -0.15) is 8.42 Å². The number of unbranched alkanes of at least 4 members (excludes halogenated alkanes) is 11. The molecule has 0 atom stereocenters. The molecule has 0 aliphatic carbocycles. The molecule has 28 heavy (non-hydrogen) atoms. The van der Waals surface area contributed by atoms with Gasteiger partial charge in [0.25, 0.3) is 10.1 Å². The van der Waals surface area contributed by atoms with Gasteiger partial charge in [0.2, 0.25) is 0 Å². The molecule has 0 aliphatic rings. The molecule has 0 heterocycles. The molecule has 0 spiro atoms. The van der Waals surface area contributed by atoms with Crippen LogP contribution >= 0.6 is 0 Å². The van der Waals surface area contributed by atoms with Crippen LogP contribution < -0.4 is 29.6 Å². The topological polar surface area (TPSA) is 97.7 Å². The molecule has 0 aromatic rings. The van der Waals surface area contributed by atoms with Gasteiger partial charge in [0.1, 0.15) is 0 Å². The summed E-state index contributed by atoms with van der Waals surface area (Å²) in [4.78, 5) is 22.4. The Kier molecular flexibility index (Phi) is 21.5. The van der Waals surface area contributed by atoms with Crippen molar-refractivity contribution in [2.24, 2.45) is 0 Å². The minimum atomic E-state index is -4.45. The first-order chi connectivity index (χ1) is 12.8. The van der Waals surface area contributed by atoms with E-state index in [1.54, 1.807) is 0 Å². The van der Waals surface area contributed by atoms with E-state index in [4.69, 9.17) is 4.55 Å². The van der Waals surface area contributed by atoms with Gasteiger partial charge in [-0.05, 0) is 32.1 Å². The molecule has 0 aromatic heterocycles. The standard InChI is InChI=1S/C20H36O6S.Na.H/c1-2-3-4-5-6-7-8-9-10-11-12-13-14-15-16-17-19(21)26-20(22)18-27(23,24)25;;/h9-10H,2-8,11-18H2,1H3,(H,23,24,25);;/q;+1;-1. The number of ether oxygens (including phenoxy) is 1. The van der Waals surface area contributed by atoms with Gasteiger partial charge in [0.05, 0.1) is 0 Å². The van der Waals surface area contributed by atoms with E-state index in [1.807, 2.05) is 0 Å². The molecule has 0 aromatic carbocycles. The molecule has 1 N–H and O–H groups in total. The molecule has 6 nitrogen and oxygen atoms in total. The van der Waals surface area contributed by atoms with Crippen molar-refractivity contribution in [3.05, 3.63) is 12.2 Å². The van der Waals surface area contributed by atoms with Crippen LogP contribution in [0.5, 0.6) is 0 Å². The molecule has 0 fully saturated rings. The summed E-state index contributed by atoms with van der Waals surface area (Å²) in [6, 6.07) is 0. The molecule has 0 rings (SSSR count). The van der Waals surface area contributed by atoms with Crippen LogP contribution in [0.3, 0.4) is 0 Å². The van der Waals surface area contributed by atoms with Crippen LogP contribution in [0.15, 0.2) is 12.2 Å². The van der Waals surface area contributed by atoms with Crippen LogP contribution in [0.25, 0.3) is 0 Å². The Morgan fingerprint density at radius 2 is 1.29 bits per heavy atom. The second kappa shape index (κ2) is 20.1. The summed E-state index contributed by atoms with van der Waals surface area (Å²) < 4.78 is 33.7. The molecule has 0 aliphatic heterocycles. The normalized spacial score (nSPS) is 11.4. The monoisotopic (exact) mass is 428 g/mol. The number of hydrogen-bond acceptors (Lipinski definition) is 5. The number of esters is 2. The average molecular weight is 429 g/mol. The third kappa shape index (κ3) is 23.8. The van der Waals surface area contributed by atoms with Gasteiger partial charge in [-0.25, -0.2) is 0 Å². The summed E-state index contributed by atoms with van der Waals surface area (Å²) in [5.41, 5.74) is 0. The Morgan fingerprint density at radius 1 is 0.821 bits per heavy atom. The van der Waals surface area contributed by atoms with Gasteiger partial charge in [0, 0.05) is 6.42 Å². The fourth-order valence-electron chi connectivity index (χ4n) is 2.70. The van der Waals surface area contributed by atoms with E-state index >= 15 is 0 Å². The zero-order valence-electron chi connectivity index (χ0n) is 18.7. The number of allylic oxidation sites excluding steroid dienone is 2. The maximum absolute atomic E-state index is 11.3. The summed E-state index contributed by atoms with van der Waals surface area (Å²) in [7, 11) is -4.45. The second-order valence-corrected chi connectivity index (χ2v) is 8.36. The van der Waals surface area contributed by atoms with Gasteiger partial charge in [0.15, 0.2) is 5.75 Å². The van der Waals surface area contributed by atoms with Crippen molar-refractivity contribution in [2.45, 2.75) is 96.8 Å². The van der Waals surface area contributed by atoms with E-state index in [2.05, 4.69) is 23.8 Å². The van der Waals surface area contributed by atoms with E-state index < -0.39 is 27.8 Å². The number of carbonyl (C=O) groups excluding carboxylic acids is 2. The Morgan fingerprint density at radius 3 is 1.79 bits per heavy atom. The molecule has 0 bridgehead atoms. The number of hydrogen-bond donors (Lipinski definition) is 1. The summed E-state index contributed by atoms with van der Waals surface area (Å²) >= 11 is 0. The molecule has 0 unspecified atom stereocenters. The zero-order chi connectivity index (χ0) is 20.4. The van der Waals surface area contributed by atoms with Gasteiger partial charge in [-0.3, -0.25) is 14.1 Å². The first-order valence-electron chi connectivity index (χ1n) is 10.2.